The molecule has 2 aromatic heterocycles. The van der Waals surface area contributed by atoms with Crippen molar-refractivity contribution in [3.8, 4) is 22.9 Å². The highest BCUT2D eigenvalue weighted by Crippen LogP contribution is 2.31. The number of hydrogen-bond acceptors (Lipinski definition) is 11. The molecular weight excluding hydrogens is 813 g/mol. The number of nitrogens with zero attached hydrogens (tertiary/aromatic N) is 2. The average Bonchev–Trinajstić information content (AvgIpc) is 3.83. The fraction of sp³-hybridized carbons (Fsp3) is 0.615. The second kappa shape index (κ2) is 24.8. The Kier molecular flexibility index (Phi) is 19.6. The number of aliphatic carboxylic acids is 1. The van der Waals surface area contributed by atoms with Crippen LogP contribution >= 0.6 is 0 Å². The van der Waals surface area contributed by atoms with Gasteiger partial charge in [-0.2, -0.15) is 0 Å². The van der Waals surface area contributed by atoms with Gasteiger partial charge in [0.1, 0.15) is 28.5 Å². The molecule has 6 rings (SSSR count). The van der Waals surface area contributed by atoms with Crippen molar-refractivity contribution in [2.45, 2.75) is 183 Å². The molecule has 2 fully saturated rings. The standard InChI is InChI=1S/C28H41NO5.C24H33NO5/c1-7-9-25(27(30)34-28(4,5)6)32-17-21-10-8-11-23(16-21)31-18-24-20(3)33-26(29-24)22-14-12-19(2)13-15-22;1-4-6-22(24(26)27)29-14-18-7-5-8-20(13-18)28-15-21-17(3)30-23(25-21)19-11-9-16(2)10-12-19/h12-15,21,23,25H,7-11,16-18H2,1-6H3;9-12,18,20,22H,4-8,13-15H2,1-3H3,(H,26,27). The largest absolute Gasteiger partial charge is 0.479 e. The van der Waals surface area contributed by atoms with Gasteiger partial charge in [0, 0.05) is 11.1 Å². The molecule has 12 heteroatoms. The zero-order valence-electron chi connectivity index (χ0n) is 39.9. The van der Waals surface area contributed by atoms with Crippen molar-refractivity contribution < 1.29 is 47.2 Å². The summed E-state index contributed by atoms with van der Waals surface area (Å²) in [6.07, 6.45) is 10.2. The molecule has 0 bridgehead atoms. The number of carbonyl (C=O) groups excluding carboxylic acids is 1. The van der Waals surface area contributed by atoms with Gasteiger partial charge in [-0.1, -0.05) is 74.9 Å². The van der Waals surface area contributed by atoms with Gasteiger partial charge in [0.25, 0.3) is 0 Å². The van der Waals surface area contributed by atoms with Crippen molar-refractivity contribution in [1.82, 2.24) is 9.97 Å². The van der Waals surface area contributed by atoms with Gasteiger partial charge in [-0.3, -0.25) is 0 Å². The van der Waals surface area contributed by atoms with Crippen LogP contribution in [0.3, 0.4) is 0 Å². The number of carboxylic acid groups (broad SMARTS) is 1. The molecule has 6 atom stereocenters. The monoisotopic (exact) mass is 887 g/mol. The third kappa shape index (κ3) is 16.3. The highest BCUT2D eigenvalue weighted by molar-refractivity contribution is 5.75. The molecule has 2 aromatic carbocycles. The van der Waals surface area contributed by atoms with Crippen LogP contribution in [0.5, 0.6) is 0 Å². The summed E-state index contributed by atoms with van der Waals surface area (Å²) in [6.45, 7) is 19.6. The van der Waals surface area contributed by atoms with E-state index in [-0.39, 0.29) is 18.2 Å². The van der Waals surface area contributed by atoms with Crippen LogP contribution in [-0.2, 0) is 46.5 Å². The van der Waals surface area contributed by atoms with E-state index >= 15 is 0 Å². The van der Waals surface area contributed by atoms with Crippen LogP contribution in [0.15, 0.2) is 57.4 Å². The molecule has 2 saturated carbocycles. The van der Waals surface area contributed by atoms with Gasteiger partial charge < -0.3 is 37.6 Å². The summed E-state index contributed by atoms with van der Waals surface area (Å²) < 4.78 is 41.4. The van der Waals surface area contributed by atoms with E-state index in [1.165, 1.54) is 11.1 Å². The van der Waals surface area contributed by atoms with E-state index < -0.39 is 23.8 Å². The van der Waals surface area contributed by atoms with Gasteiger partial charge in [-0.15, -0.1) is 0 Å². The SMILES string of the molecule is CCCC(OCC1CCCC(OCc2nc(-c3ccc(C)cc3)oc2C)C1)C(=O)O.CCCC(OCC1CCCC(OCc2nc(-c3ccc(C)cc3)oc2C)C1)C(=O)OC(C)(C)C. The molecule has 0 amide bonds. The summed E-state index contributed by atoms with van der Waals surface area (Å²) in [6, 6.07) is 16.3. The second-order valence-corrected chi connectivity index (χ2v) is 18.8. The number of aryl methyl sites for hydroxylation is 4. The molecule has 2 aliphatic rings. The Labute approximate surface area is 381 Å². The Hall–Kier alpha value is -4.36. The zero-order chi connectivity index (χ0) is 46.2. The Bertz CT molecular complexity index is 2010. The number of rotatable bonds is 20. The Morgan fingerprint density at radius 3 is 1.50 bits per heavy atom. The quantitative estimate of drug-likeness (QED) is 0.0840. The molecule has 0 aliphatic heterocycles. The van der Waals surface area contributed by atoms with Crippen molar-refractivity contribution in [3.63, 3.8) is 0 Å². The first kappa shape index (κ1) is 50.6. The van der Waals surface area contributed by atoms with E-state index in [0.717, 1.165) is 98.2 Å². The molecule has 0 saturated heterocycles. The fourth-order valence-corrected chi connectivity index (χ4v) is 8.19. The van der Waals surface area contributed by atoms with E-state index in [0.29, 0.717) is 62.9 Å². The lowest BCUT2D eigenvalue weighted by Gasteiger charge is -2.30. The molecule has 352 valence electrons. The van der Waals surface area contributed by atoms with Gasteiger partial charge in [0.2, 0.25) is 11.8 Å². The number of aromatic nitrogens is 2. The minimum atomic E-state index is -0.869. The third-order valence-electron chi connectivity index (χ3n) is 11.9. The maximum absolute atomic E-state index is 12.5. The molecule has 1 N–H and O–H groups in total. The summed E-state index contributed by atoms with van der Waals surface area (Å²) >= 11 is 0. The molecule has 0 spiro atoms. The third-order valence-corrected chi connectivity index (χ3v) is 11.9. The molecule has 2 heterocycles. The Morgan fingerprint density at radius 1 is 0.672 bits per heavy atom. The Balaban J connectivity index is 0.000000243. The van der Waals surface area contributed by atoms with Crippen LogP contribution in [0.2, 0.25) is 0 Å². The van der Waals surface area contributed by atoms with Crippen molar-refractivity contribution >= 4 is 11.9 Å². The minimum Gasteiger partial charge on any atom is -0.479 e. The van der Waals surface area contributed by atoms with Crippen LogP contribution in [0, 0.1) is 39.5 Å². The van der Waals surface area contributed by atoms with E-state index in [9.17, 15) is 14.7 Å². The van der Waals surface area contributed by atoms with E-state index in [4.69, 9.17) is 32.5 Å². The smallest absolute Gasteiger partial charge is 0.335 e. The highest BCUT2D eigenvalue weighted by atomic mass is 16.6. The van der Waals surface area contributed by atoms with E-state index in [2.05, 4.69) is 42.9 Å². The Morgan fingerprint density at radius 2 is 1.09 bits per heavy atom. The lowest BCUT2D eigenvalue weighted by Crippen LogP contribution is -2.35. The molecule has 0 radical (unpaired) electrons. The summed E-state index contributed by atoms with van der Waals surface area (Å²) in [5.41, 5.74) is 5.52. The van der Waals surface area contributed by atoms with Gasteiger partial charge in [-0.25, -0.2) is 19.6 Å². The summed E-state index contributed by atoms with van der Waals surface area (Å²) in [4.78, 5) is 33.1. The summed E-state index contributed by atoms with van der Waals surface area (Å²) in [7, 11) is 0. The second-order valence-electron chi connectivity index (χ2n) is 18.8. The first-order valence-electron chi connectivity index (χ1n) is 23.6. The number of carboxylic acids is 1. The van der Waals surface area contributed by atoms with Gasteiger partial charge in [-0.05, 0) is 136 Å². The van der Waals surface area contributed by atoms with Crippen LogP contribution in [0.25, 0.3) is 22.9 Å². The number of benzene rings is 2. The van der Waals surface area contributed by atoms with Crippen molar-refractivity contribution in [1.29, 1.82) is 0 Å². The van der Waals surface area contributed by atoms with Crippen LogP contribution in [0.1, 0.15) is 146 Å². The average molecular weight is 887 g/mol. The first-order chi connectivity index (χ1) is 30.6. The van der Waals surface area contributed by atoms with Gasteiger partial charge >= 0.3 is 11.9 Å². The molecule has 6 unspecified atom stereocenters. The maximum atomic E-state index is 12.5. The molecule has 4 aromatic rings. The highest BCUT2D eigenvalue weighted by Gasteiger charge is 2.30. The van der Waals surface area contributed by atoms with Crippen molar-refractivity contribution in [2.75, 3.05) is 13.2 Å². The van der Waals surface area contributed by atoms with E-state index in [1.54, 1.807) is 0 Å². The maximum Gasteiger partial charge on any atom is 0.335 e. The first-order valence-corrected chi connectivity index (χ1v) is 23.6. The zero-order valence-corrected chi connectivity index (χ0v) is 39.9. The summed E-state index contributed by atoms with van der Waals surface area (Å²) in [5.74, 6) is 2.42. The predicted octanol–water partition coefficient (Wildman–Crippen LogP) is 11.9. The number of carbonyl (C=O) groups is 2. The topological polar surface area (TPSA) is 153 Å². The lowest BCUT2D eigenvalue weighted by atomic mass is 9.87. The van der Waals surface area contributed by atoms with E-state index in [1.807, 2.05) is 77.9 Å². The predicted molar refractivity (Wildman–Crippen MR) is 247 cm³/mol. The van der Waals surface area contributed by atoms with Crippen LogP contribution in [-0.4, -0.2) is 70.2 Å². The summed E-state index contributed by atoms with van der Waals surface area (Å²) in [5, 5.41) is 9.25. The van der Waals surface area contributed by atoms with Crippen molar-refractivity contribution in [2.24, 2.45) is 11.8 Å². The number of ether oxygens (including phenoxy) is 5. The van der Waals surface area contributed by atoms with Crippen LogP contribution < -0.4 is 0 Å². The van der Waals surface area contributed by atoms with Gasteiger partial charge in [0.05, 0.1) is 38.6 Å². The lowest BCUT2D eigenvalue weighted by molar-refractivity contribution is -0.170. The molecule has 12 nitrogen and oxygen atoms in total. The van der Waals surface area contributed by atoms with Gasteiger partial charge in [0.15, 0.2) is 12.2 Å². The molecule has 2 aliphatic carbocycles. The minimum absolute atomic E-state index is 0.140. The fourth-order valence-electron chi connectivity index (χ4n) is 8.19. The number of esters is 1. The normalized spacial score (nSPS) is 20.0. The molecular formula is C52H74N2O10. The molecule has 64 heavy (non-hydrogen) atoms. The van der Waals surface area contributed by atoms with Crippen LogP contribution in [0.4, 0.5) is 0 Å². The van der Waals surface area contributed by atoms with Crippen molar-refractivity contribution in [3.05, 3.63) is 82.6 Å². The number of oxazole rings is 2. The number of hydrogen-bond donors (Lipinski definition) is 1.